The van der Waals surface area contributed by atoms with Crippen LogP contribution in [0.25, 0.3) is 0 Å². The van der Waals surface area contributed by atoms with Crippen molar-refractivity contribution in [3.8, 4) is 0 Å². The van der Waals surface area contributed by atoms with Crippen molar-refractivity contribution < 1.29 is 9.59 Å². The van der Waals surface area contributed by atoms with Crippen molar-refractivity contribution >= 4 is 41.7 Å². The normalized spacial score (nSPS) is 18.5. The number of likely N-dealkylation sites (N-methyl/N-ethyl adjacent to an activating group) is 1. The van der Waals surface area contributed by atoms with Crippen molar-refractivity contribution in [2.24, 2.45) is 5.92 Å². The molecule has 156 valence electrons. The Hall–Kier alpha value is -2.70. The van der Waals surface area contributed by atoms with Crippen molar-refractivity contribution in [2.75, 3.05) is 19.4 Å². The van der Waals surface area contributed by atoms with Crippen LogP contribution < -0.4 is 16.0 Å². The van der Waals surface area contributed by atoms with E-state index in [-0.39, 0.29) is 11.8 Å². The van der Waals surface area contributed by atoms with Crippen LogP contribution in [-0.4, -0.2) is 25.9 Å². The van der Waals surface area contributed by atoms with E-state index in [0.717, 1.165) is 21.7 Å². The smallest absolute Gasteiger partial charge is 0.247 e. The SMILES string of the molecule is CNC(=O)C1=C(C)C=C(Nc2ccccc2S)C(C(=O)NC)C1c1ccccc1Cl. The topological polar surface area (TPSA) is 70.2 Å². The number of carbonyl (C=O) groups excluding carboxylic acids is 2. The molecule has 0 saturated carbocycles. The van der Waals surface area contributed by atoms with E-state index in [0.29, 0.717) is 16.3 Å². The average Bonchev–Trinajstić information content (AvgIpc) is 2.74. The highest BCUT2D eigenvalue weighted by Gasteiger charge is 2.41. The Bertz CT molecular complexity index is 1050. The number of rotatable bonds is 5. The summed E-state index contributed by atoms with van der Waals surface area (Å²) < 4.78 is 0. The number of carbonyl (C=O) groups is 2. The van der Waals surface area contributed by atoms with Gasteiger partial charge in [0, 0.05) is 41.2 Å². The molecule has 0 radical (unpaired) electrons. The highest BCUT2D eigenvalue weighted by atomic mass is 35.5. The monoisotopic (exact) mass is 441 g/mol. The second-order valence-electron chi connectivity index (χ2n) is 7.01. The molecule has 1 aliphatic rings. The molecule has 2 aromatic carbocycles. The molecule has 0 aromatic heterocycles. The fourth-order valence-corrected chi connectivity index (χ4v) is 4.28. The van der Waals surface area contributed by atoms with Crippen molar-refractivity contribution in [1.82, 2.24) is 10.6 Å². The van der Waals surface area contributed by atoms with E-state index in [4.69, 9.17) is 11.6 Å². The summed E-state index contributed by atoms with van der Waals surface area (Å²) in [5.74, 6) is -1.70. The Kier molecular flexibility index (Phi) is 6.90. The first-order chi connectivity index (χ1) is 14.4. The number of thiol groups is 1. The van der Waals surface area contributed by atoms with Gasteiger partial charge in [-0.1, -0.05) is 41.9 Å². The first-order valence-electron chi connectivity index (χ1n) is 9.54. The molecule has 5 nitrogen and oxygen atoms in total. The van der Waals surface area contributed by atoms with E-state index in [1.807, 2.05) is 55.5 Å². The fraction of sp³-hybridized carbons (Fsp3) is 0.217. The lowest BCUT2D eigenvalue weighted by Gasteiger charge is -2.35. The van der Waals surface area contributed by atoms with Crippen LogP contribution in [0, 0.1) is 5.92 Å². The lowest BCUT2D eigenvalue weighted by atomic mass is 9.72. The second kappa shape index (κ2) is 9.41. The summed E-state index contributed by atoms with van der Waals surface area (Å²) in [6.45, 7) is 1.86. The molecule has 2 atom stereocenters. The van der Waals surface area contributed by atoms with E-state index >= 15 is 0 Å². The quantitative estimate of drug-likeness (QED) is 0.527. The molecule has 0 saturated heterocycles. The van der Waals surface area contributed by atoms with Crippen molar-refractivity contribution in [2.45, 2.75) is 17.7 Å². The number of amides is 2. The molecular formula is C23H24ClN3O2S. The van der Waals surface area contributed by atoms with Crippen LogP contribution in [-0.2, 0) is 9.59 Å². The van der Waals surface area contributed by atoms with Crippen LogP contribution >= 0.6 is 24.2 Å². The van der Waals surface area contributed by atoms with Gasteiger partial charge in [0.25, 0.3) is 0 Å². The first kappa shape index (κ1) is 22.0. The Labute approximate surface area is 187 Å². The van der Waals surface area contributed by atoms with Gasteiger partial charge in [-0.25, -0.2) is 0 Å². The van der Waals surface area contributed by atoms with Crippen LogP contribution in [0.4, 0.5) is 5.69 Å². The van der Waals surface area contributed by atoms with E-state index in [9.17, 15) is 9.59 Å². The second-order valence-corrected chi connectivity index (χ2v) is 7.90. The van der Waals surface area contributed by atoms with Gasteiger partial charge >= 0.3 is 0 Å². The third-order valence-corrected chi connectivity index (χ3v) is 5.93. The van der Waals surface area contributed by atoms with Gasteiger partial charge in [0.05, 0.1) is 11.6 Å². The van der Waals surface area contributed by atoms with Gasteiger partial charge in [0.2, 0.25) is 11.8 Å². The lowest BCUT2D eigenvalue weighted by Crippen LogP contribution is -2.40. The number of nitrogens with one attached hydrogen (secondary N) is 3. The standard InChI is InChI=1S/C23H24ClN3O2S/c1-13-12-17(27-16-10-6-7-11-18(16)30)21(23(29)26-3)20(19(13)22(28)25-2)14-8-4-5-9-15(14)24/h4-12,20-21,27,30H,1-3H3,(H,25,28)(H,26,29). The van der Waals surface area contributed by atoms with Crippen LogP contribution in [0.3, 0.4) is 0 Å². The Morgan fingerprint density at radius 2 is 1.67 bits per heavy atom. The van der Waals surface area contributed by atoms with E-state index < -0.39 is 11.8 Å². The number of anilines is 1. The fourth-order valence-electron chi connectivity index (χ4n) is 3.81. The summed E-state index contributed by atoms with van der Waals surface area (Å²) in [6, 6.07) is 14.8. The molecular weight excluding hydrogens is 418 g/mol. The number of para-hydroxylation sites is 1. The third kappa shape index (κ3) is 4.25. The summed E-state index contributed by atoms with van der Waals surface area (Å²) in [7, 11) is 3.16. The van der Waals surface area contributed by atoms with Gasteiger partial charge in [0.1, 0.15) is 0 Å². The number of hydrogen-bond acceptors (Lipinski definition) is 4. The molecule has 0 spiro atoms. The average molecular weight is 442 g/mol. The molecule has 0 heterocycles. The zero-order chi connectivity index (χ0) is 21.8. The highest BCUT2D eigenvalue weighted by Crippen LogP contribution is 2.44. The van der Waals surface area contributed by atoms with Crippen LogP contribution in [0.1, 0.15) is 18.4 Å². The Balaban J connectivity index is 2.22. The molecule has 2 amide bonds. The minimum absolute atomic E-state index is 0.218. The van der Waals surface area contributed by atoms with Crippen LogP contribution in [0.2, 0.25) is 5.02 Å². The maximum atomic E-state index is 13.1. The van der Waals surface area contributed by atoms with Gasteiger partial charge in [-0.3, -0.25) is 9.59 Å². The van der Waals surface area contributed by atoms with Gasteiger partial charge in [0.15, 0.2) is 0 Å². The first-order valence-corrected chi connectivity index (χ1v) is 10.4. The molecule has 3 N–H and O–H groups in total. The summed E-state index contributed by atoms with van der Waals surface area (Å²) >= 11 is 11.0. The maximum Gasteiger partial charge on any atom is 0.247 e. The lowest BCUT2D eigenvalue weighted by molar-refractivity contribution is -0.124. The maximum absolute atomic E-state index is 13.1. The molecule has 30 heavy (non-hydrogen) atoms. The van der Waals surface area contributed by atoms with Crippen molar-refractivity contribution in [3.05, 3.63) is 82.0 Å². The molecule has 0 fully saturated rings. The molecule has 7 heteroatoms. The molecule has 1 aliphatic carbocycles. The number of halogens is 1. The predicted octanol–water partition coefficient (Wildman–Crippen LogP) is 4.15. The van der Waals surface area contributed by atoms with Crippen LogP contribution in [0.15, 0.2) is 76.3 Å². The zero-order valence-electron chi connectivity index (χ0n) is 17.0. The number of hydrogen-bond donors (Lipinski definition) is 4. The van der Waals surface area contributed by atoms with E-state index in [1.54, 1.807) is 20.2 Å². The van der Waals surface area contributed by atoms with Gasteiger partial charge < -0.3 is 16.0 Å². The zero-order valence-corrected chi connectivity index (χ0v) is 18.6. The number of allylic oxidation sites excluding steroid dienone is 2. The highest BCUT2D eigenvalue weighted by molar-refractivity contribution is 7.80. The third-order valence-electron chi connectivity index (χ3n) is 5.20. The minimum Gasteiger partial charge on any atom is -0.359 e. The summed E-state index contributed by atoms with van der Waals surface area (Å²) in [5, 5.41) is 9.30. The molecule has 0 aliphatic heterocycles. The largest absolute Gasteiger partial charge is 0.359 e. The Morgan fingerprint density at radius 1 is 1.00 bits per heavy atom. The minimum atomic E-state index is -0.682. The van der Waals surface area contributed by atoms with E-state index in [1.165, 1.54) is 0 Å². The molecule has 2 unspecified atom stereocenters. The number of benzene rings is 2. The summed E-state index contributed by atoms with van der Waals surface area (Å²) in [4.78, 5) is 26.7. The predicted molar refractivity (Wildman–Crippen MR) is 124 cm³/mol. The van der Waals surface area contributed by atoms with Crippen LogP contribution in [0.5, 0.6) is 0 Å². The van der Waals surface area contributed by atoms with Gasteiger partial charge in [-0.2, -0.15) is 0 Å². The van der Waals surface area contributed by atoms with Gasteiger partial charge in [-0.15, -0.1) is 12.6 Å². The molecule has 2 aromatic rings. The van der Waals surface area contributed by atoms with Crippen molar-refractivity contribution in [1.29, 1.82) is 0 Å². The summed E-state index contributed by atoms with van der Waals surface area (Å²) in [5.41, 5.74) is 3.45. The molecule has 3 rings (SSSR count). The Morgan fingerprint density at radius 3 is 2.30 bits per heavy atom. The molecule has 0 bridgehead atoms. The van der Waals surface area contributed by atoms with E-state index in [2.05, 4.69) is 28.6 Å². The van der Waals surface area contributed by atoms with Gasteiger partial charge in [-0.05, 0) is 42.3 Å². The summed E-state index contributed by atoms with van der Waals surface area (Å²) in [6.07, 6.45) is 1.85. The van der Waals surface area contributed by atoms with Crippen molar-refractivity contribution in [3.63, 3.8) is 0 Å².